The first-order valence-corrected chi connectivity index (χ1v) is 10.0. The van der Waals surface area contributed by atoms with Crippen LogP contribution in [0.4, 0.5) is 10.5 Å². The Balaban J connectivity index is 1.68. The highest BCUT2D eigenvalue weighted by atomic mass is 35.5. The van der Waals surface area contributed by atoms with Crippen molar-refractivity contribution >= 4 is 46.3 Å². The van der Waals surface area contributed by atoms with Gasteiger partial charge in [0.2, 0.25) is 0 Å². The number of benzene rings is 2. The van der Waals surface area contributed by atoms with Crippen LogP contribution in [0.15, 0.2) is 47.4 Å². The Labute approximate surface area is 173 Å². The molecule has 2 aromatic carbocycles. The van der Waals surface area contributed by atoms with E-state index in [4.69, 9.17) is 16.3 Å². The minimum atomic E-state index is -0.310. The Morgan fingerprint density at radius 3 is 2.50 bits per heavy atom. The zero-order chi connectivity index (χ0) is 20.3. The molecular weight excluding hydrogens is 396 g/mol. The SMILES string of the molecule is COc1ccc(NCN2C(=O)S/C(=C/c3ccc(C(C)C)cc3)C2=O)cc1Cl. The summed E-state index contributed by atoms with van der Waals surface area (Å²) in [7, 11) is 1.54. The lowest BCUT2D eigenvalue weighted by molar-refractivity contribution is -0.122. The predicted octanol–water partition coefficient (Wildman–Crippen LogP) is 5.58. The Morgan fingerprint density at radius 2 is 1.89 bits per heavy atom. The van der Waals surface area contributed by atoms with E-state index in [0.717, 1.165) is 17.3 Å². The van der Waals surface area contributed by atoms with Crippen LogP contribution in [0.3, 0.4) is 0 Å². The van der Waals surface area contributed by atoms with Crippen LogP contribution in [0.1, 0.15) is 30.9 Å². The second kappa shape index (κ2) is 8.71. The number of carbonyl (C=O) groups is 2. The number of halogens is 1. The van der Waals surface area contributed by atoms with Gasteiger partial charge in [-0.3, -0.25) is 14.5 Å². The van der Waals surface area contributed by atoms with Gasteiger partial charge >= 0.3 is 0 Å². The first kappa shape index (κ1) is 20.3. The number of nitrogens with zero attached hydrogens (tertiary/aromatic N) is 1. The Kier molecular flexibility index (Phi) is 6.31. The quantitative estimate of drug-likeness (QED) is 0.623. The molecule has 146 valence electrons. The lowest BCUT2D eigenvalue weighted by Gasteiger charge is -2.15. The molecular formula is C21H21ClN2O3S. The van der Waals surface area contributed by atoms with E-state index in [2.05, 4.69) is 19.2 Å². The van der Waals surface area contributed by atoms with Crippen LogP contribution in [0.25, 0.3) is 6.08 Å². The van der Waals surface area contributed by atoms with Gasteiger partial charge in [0.25, 0.3) is 11.1 Å². The van der Waals surface area contributed by atoms with Crippen LogP contribution in [0.5, 0.6) is 5.75 Å². The summed E-state index contributed by atoms with van der Waals surface area (Å²) in [6.07, 6.45) is 1.75. The molecule has 1 aliphatic heterocycles. The molecule has 7 heteroatoms. The fraction of sp³-hybridized carbons (Fsp3) is 0.238. The zero-order valence-electron chi connectivity index (χ0n) is 15.9. The highest BCUT2D eigenvalue weighted by Gasteiger charge is 2.34. The van der Waals surface area contributed by atoms with Gasteiger partial charge in [-0.25, -0.2) is 0 Å². The van der Waals surface area contributed by atoms with Gasteiger partial charge in [0, 0.05) is 5.69 Å². The van der Waals surface area contributed by atoms with Crippen molar-refractivity contribution in [1.82, 2.24) is 4.90 Å². The Hall–Kier alpha value is -2.44. The Morgan fingerprint density at radius 1 is 1.18 bits per heavy atom. The van der Waals surface area contributed by atoms with Crippen LogP contribution >= 0.6 is 23.4 Å². The molecule has 0 bridgehead atoms. The molecule has 0 saturated carbocycles. The maximum Gasteiger partial charge on any atom is 0.295 e. The van der Waals surface area contributed by atoms with Crippen LogP contribution < -0.4 is 10.1 Å². The number of thioether (sulfide) groups is 1. The number of hydrogen-bond acceptors (Lipinski definition) is 5. The van der Waals surface area contributed by atoms with Crippen LogP contribution in [0, 0.1) is 0 Å². The van der Waals surface area contributed by atoms with Gasteiger partial charge < -0.3 is 10.1 Å². The number of hydrogen-bond donors (Lipinski definition) is 1. The summed E-state index contributed by atoms with van der Waals surface area (Å²) < 4.78 is 5.11. The van der Waals surface area contributed by atoms with Gasteiger partial charge in [-0.2, -0.15) is 0 Å². The van der Waals surface area contributed by atoms with Crippen molar-refractivity contribution < 1.29 is 14.3 Å². The van der Waals surface area contributed by atoms with Crippen molar-refractivity contribution in [2.75, 3.05) is 19.1 Å². The van der Waals surface area contributed by atoms with E-state index in [1.54, 1.807) is 24.3 Å². The smallest absolute Gasteiger partial charge is 0.295 e. The van der Waals surface area contributed by atoms with Crippen LogP contribution in [-0.4, -0.2) is 29.8 Å². The van der Waals surface area contributed by atoms with Crippen molar-refractivity contribution in [2.45, 2.75) is 19.8 Å². The number of imide groups is 1. The van der Waals surface area contributed by atoms with E-state index < -0.39 is 0 Å². The van der Waals surface area contributed by atoms with Gasteiger partial charge in [-0.1, -0.05) is 49.7 Å². The van der Waals surface area contributed by atoms with Gasteiger partial charge in [0.1, 0.15) is 5.75 Å². The third kappa shape index (κ3) is 4.51. The highest BCUT2D eigenvalue weighted by molar-refractivity contribution is 8.18. The van der Waals surface area contributed by atoms with Gasteiger partial charge in [0.15, 0.2) is 0 Å². The number of methoxy groups -OCH3 is 1. The predicted molar refractivity (Wildman–Crippen MR) is 115 cm³/mol. The van der Waals surface area contributed by atoms with Crippen LogP contribution in [-0.2, 0) is 4.79 Å². The topological polar surface area (TPSA) is 58.6 Å². The molecule has 0 atom stereocenters. The van der Waals surface area contributed by atoms with Crippen molar-refractivity contribution in [3.05, 3.63) is 63.5 Å². The van der Waals surface area contributed by atoms with E-state index >= 15 is 0 Å². The number of nitrogens with one attached hydrogen (secondary N) is 1. The summed E-state index contributed by atoms with van der Waals surface area (Å²) in [5.41, 5.74) is 2.82. The zero-order valence-corrected chi connectivity index (χ0v) is 17.4. The van der Waals surface area contributed by atoms with E-state index in [0.29, 0.717) is 27.3 Å². The molecule has 1 saturated heterocycles. The van der Waals surface area contributed by atoms with E-state index in [1.165, 1.54) is 17.6 Å². The average molecular weight is 417 g/mol. The molecule has 2 amide bonds. The fourth-order valence-electron chi connectivity index (χ4n) is 2.71. The molecule has 2 aromatic rings. The molecule has 0 radical (unpaired) electrons. The van der Waals surface area contributed by atoms with E-state index in [-0.39, 0.29) is 17.8 Å². The summed E-state index contributed by atoms with van der Waals surface area (Å²) in [4.78, 5) is 26.5. The molecule has 0 aromatic heterocycles. The minimum absolute atomic E-state index is 0.0664. The lowest BCUT2D eigenvalue weighted by Crippen LogP contribution is -2.33. The summed E-state index contributed by atoms with van der Waals surface area (Å²) in [6, 6.07) is 13.2. The average Bonchev–Trinajstić information content (AvgIpc) is 2.93. The summed E-state index contributed by atoms with van der Waals surface area (Å²) in [5, 5.41) is 3.19. The molecule has 1 fully saturated rings. The molecule has 1 N–H and O–H groups in total. The molecule has 3 rings (SSSR count). The molecule has 0 aliphatic carbocycles. The number of anilines is 1. The second-order valence-electron chi connectivity index (χ2n) is 6.62. The molecule has 28 heavy (non-hydrogen) atoms. The van der Waals surface area contributed by atoms with Crippen molar-refractivity contribution in [2.24, 2.45) is 0 Å². The number of carbonyl (C=O) groups excluding carboxylic acids is 2. The summed E-state index contributed by atoms with van der Waals surface area (Å²) >= 11 is 7.04. The third-order valence-corrected chi connectivity index (χ3v) is 5.57. The maximum atomic E-state index is 12.6. The second-order valence-corrected chi connectivity index (χ2v) is 8.02. The largest absolute Gasteiger partial charge is 0.495 e. The molecule has 0 spiro atoms. The number of amides is 2. The van der Waals surface area contributed by atoms with Gasteiger partial charge in [-0.15, -0.1) is 0 Å². The maximum absolute atomic E-state index is 12.6. The first-order chi connectivity index (χ1) is 13.4. The summed E-state index contributed by atoms with van der Waals surface area (Å²) in [6.45, 7) is 4.32. The van der Waals surface area contributed by atoms with Crippen LogP contribution in [0.2, 0.25) is 5.02 Å². The first-order valence-electron chi connectivity index (χ1n) is 8.81. The normalized spacial score (nSPS) is 15.6. The molecule has 1 heterocycles. The highest BCUT2D eigenvalue weighted by Crippen LogP contribution is 2.33. The number of ether oxygens (including phenoxy) is 1. The monoisotopic (exact) mass is 416 g/mol. The molecule has 1 aliphatic rings. The summed E-state index contributed by atoms with van der Waals surface area (Å²) in [5.74, 6) is 0.693. The molecule has 0 unspecified atom stereocenters. The van der Waals surface area contributed by atoms with Gasteiger partial charge in [-0.05, 0) is 53.1 Å². The lowest BCUT2D eigenvalue weighted by atomic mass is 10.0. The Bertz CT molecular complexity index is 926. The molecule has 5 nitrogen and oxygen atoms in total. The van der Waals surface area contributed by atoms with Crippen molar-refractivity contribution in [3.8, 4) is 5.75 Å². The van der Waals surface area contributed by atoms with E-state index in [1.807, 2.05) is 24.3 Å². The third-order valence-electron chi connectivity index (χ3n) is 4.37. The van der Waals surface area contributed by atoms with Gasteiger partial charge in [0.05, 0.1) is 23.7 Å². The fourth-order valence-corrected chi connectivity index (χ4v) is 3.81. The number of rotatable bonds is 6. The standard InChI is InChI=1S/C21H21ClN2O3S/c1-13(2)15-6-4-14(5-7-15)10-19-20(25)24(21(26)28-19)12-23-16-8-9-18(27-3)17(22)11-16/h4-11,13,23H,12H2,1-3H3/b19-10+. The minimum Gasteiger partial charge on any atom is -0.495 e. The van der Waals surface area contributed by atoms with Crippen molar-refractivity contribution in [1.29, 1.82) is 0 Å². The van der Waals surface area contributed by atoms with E-state index in [9.17, 15) is 9.59 Å². The van der Waals surface area contributed by atoms with Crippen molar-refractivity contribution in [3.63, 3.8) is 0 Å².